The molecule has 1 atom stereocenters. The number of rotatable bonds is 3. The topological polar surface area (TPSA) is 63.3 Å². The summed E-state index contributed by atoms with van der Waals surface area (Å²) in [7, 11) is 0. The zero-order chi connectivity index (χ0) is 10.7. The average molecular weight is 218 g/mol. The molecule has 0 heterocycles. The van der Waals surface area contributed by atoms with Gasteiger partial charge in [0.2, 0.25) is 0 Å². The Morgan fingerprint density at radius 3 is 2.71 bits per heavy atom. The van der Waals surface area contributed by atoms with Gasteiger partial charge in [-0.25, -0.2) is 4.39 Å². The monoisotopic (exact) mass is 217 g/mol. The smallest absolute Gasteiger partial charge is 0.312 e. The maximum Gasteiger partial charge on any atom is 0.312 e. The first kappa shape index (κ1) is 10.9. The minimum absolute atomic E-state index is 0.0325. The lowest BCUT2D eigenvalue weighted by molar-refractivity contribution is -0.138. The molecular weight excluding hydrogens is 209 g/mol. The highest BCUT2D eigenvalue weighted by atomic mass is 35.5. The summed E-state index contributed by atoms with van der Waals surface area (Å²) in [6.07, 6.45) is 0. The van der Waals surface area contributed by atoms with Crippen molar-refractivity contribution in [2.45, 2.75) is 5.92 Å². The predicted octanol–water partition coefficient (Wildman–Crippen LogP) is 1.61. The lowest BCUT2D eigenvalue weighted by atomic mass is 9.99. The van der Waals surface area contributed by atoms with Crippen LogP contribution in [0.5, 0.6) is 0 Å². The second-order valence-electron chi connectivity index (χ2n) is 2.80. The van der Waals surface area contributed by atoms with Gasteiger partial charge < -0.3 is 10.8 Å². The van der Waals surface area contributed by atoms with E-state index in [0.29, 0.717) is 5.56 Å². The minimum Gasteiger partial charge on any atom is -0.481 e. The quantitative estimate of drug-likeness (QED) is 0.809. The van der Waals surface area contributed by atoms with Gasteiger partial charge in [-0.15, -0.1) is 0 Å². The van der Waals surface area contributed by atoms with E-state index in [0.717, 1.165) is 6.07 Å². The molecule has 0 saturated heterocycles. The Bertz CT molecular complexity index is 357. The Hall–Kier alpha value is -1.13. The van der Waals surface area contributed by atoms with Gasteiger partial charge >= 0.3 is 5.97 Å². The summed E-state index contributed by atoms with van der Waals surface area (Å²) in [6, 6.07) is 3.86. The molecule has 0 radical (unpaired) electrons. The molecule has 0 saturated carbocycles. The van der Waals surface area contributed by atoms with Crippen molar-refractivity contribution in [3.63, 3.8) is 0 Å². The van der Waals surface area contributed by atoms with Gasteiger partial charge in [0.25, 0.3) is 0 Å². The van der Waals surface area contributed by atoms with Crippen molar-refractivity contribution in [1.82, 2.24) is 0 Å². The van der Waals surface area contributed by atoms with Crippen molar-refractivity contribution in [2.75, 3.05) is 6.54 Å². The van der Waals surface area contributed by atoms with E-state index < -0.39 is 17.7 Å². The van der Waals surface area contributed by atoms with E-state index in [1.807, 2.05) is 0 Å². The Morgan fingerprint density at radius 2 is 2.29 bits per heavy atom. The van der Waals surface area contributed by atoms with Gasteiger partial charge in [-0.05, 0) is 17.7 Å². The van der Waals surface area contributed by atoms with E-state index in [1.165, 1.54) is 12.1 Å². The summed E-state index contributed by atoms with van der Waals surface area (Å²) in [4.78, 5) is 10.7. The zero-order valence-corrected chi connectivity index (χ0v) is 7.96. The maximum absolute atomic E-state index is 13.0. The van der Waals surface area contributed by atoms with Crippen LogP contribution in [-0.2, 0) is 4.79 Å². The second kappa shape index (κ2) is 4.39. The van der Waals surface area contributed by atoms with Crippen LogP contribution in [0.1, 0.15) is 11.5 Å². The van der Waals surface area contributed by atoms with Crippen LogP contribution in [0.15, 0.2) is 18.2 Å². The Balaban J connectivity index is 3.06. The highest BCUT2D eigenvalue weighted by molar-refractivity contribution is 6.30. The largest absolute Gasteiger partial charge is 0.481 e. The van der Waals surface area contributed by atoms with Gasteiger partial charge in [-0.2, -0.15) is 0 Å². The molecule has 1 aromatic carbocycles. The van der Waals surface area contributed by atoms with Gasteiger partial charge in [0.15, 0.2) is 0 Å². The number of carboxylic acids is 1. The van der Waals surface area contributed by atoms with E-state index in [4.69, 9.17) is 22.4 Å². The fourth-order valence-corrected chi connectivity index (χ4v) is 1.23. The minimum atomic E-state index is -1.07. The zero-order valence-electron chi connectivity index (χ0n) is 7.21. The fraction of sp³-hybridized carbons (Fsp3) is 0.222. The van der Waals surface area contributed by atoms with Gasteiger partial charge in [-0.3, -0.25) is 4.79 Å². The normalized spacial score (nSPS) is 12.5. The highest BCUT2D eigenvalue weighted by Crippen LogP contribution is 2.21. The summed E-state index contributed by atoms with van der Waals surface area (Å²) in [5.41, 5.74) is 5.58. The van der Waals surface area contributed by atoms with Crippen LogP contribution in [0.3, 0.4) is 0 Å². The van der Waals surface area contributed by atoms with Gasteiger partial charge in [-0.1, -0.05) is 17.7 Å². The molecule has 5 heteroatoms. The first-order valence-electron chi connectivity index (χ1n) is 3.94. The number of nitrogens with two attached hydrogens (primary N) is 1. The number of halogens is 2. The third kappa shape index (κ3) is 2.21. The molecule has 0 aliphatic rings. The molecule has 1 rings (SSSR count). The number of hydrogen-bond donors (Lipinski definition) is 2. The van der Waals surface area contributed by atoms with Crippen LogP contribution in [0, 0.1) is 5.82 Å². The molecule has 0 aliphatic carbocycles. The molecule has 3 nitrogen and oxygen atoms in total. The SMILES string of the molecule is NCC(C(=O)O)c1ccc(Cl)c(F)c1. The van der Waals surface area contributed by atoms with Crippen LogP contribution in [-0.4, -0.2) is 17.6 Å². The second-order valence-corrected chi connectivity index (χ2v) is 3.21. The van der Waals surface area contributed by atoms with Crippen molar-refractivity contribution in [3.05, 3.63) is 34.6 Å². The van der Waals surface area contributed by atoms with Crippen molar-refractivity contribution in [2.24, 2.45) is 5.73 Å². The summed E-state index contributed by atoms with van der Waals surface area (Å²) in [5, 5.41) is 8.72. The van der Waals surface area contributed by atoms with Crippen LogP contribution < -0.4 is 5.73 Å². The van der Waals surface area contributed by atoms with Crippen molar-refractivity contribution < 1.29 is 14.3 Å². The molecule has 0 aromatic heterocycles. The molecule has 0 spiro atoms. The van der Waals surface area contributed by atoms with Crippen LogP contribution in [0.25, 0.3) is 0 Å². The average Bonchev–Trinajstić information content (AvgIpc) is 2.11. The third-order valence-corrected chi connectivity index (χ3v) is 2.19. The van der Waals surface area contributed by atoms with Crippen molar-refractivity contribution in [1.29, 1.82) is 0 Å². The van der Waals surface area contributed by atoms with Crippen LogP contribution in [0.2, 0.25) is 5.02 Å². The van der Waals surface area contributed by atoms with Gasteiger partial charge in [0.05, 0.1) is 10.9 Å². The molecule has 3 N–H and O–H groups in total. The van der Waals surface area contributed by atoms with E-state index >= 15 is 0 Å². The highest BCUT2D eigenvalue weighted by Gasteiger charge is 2.18. The Morgan fingerprint density at radius 1 is 1.64 bits per heavy atom. The third-order valence-electron chi connectivity index (χ3n) is 1.88. The molecule has 0 fully saturated rings. The maximum atomic E-state index is 13.0. The fourth-order valence-electron chi connectivity index (χ4n) is 1.11. The van der Waals surface area contributed by atoms with Crippen LogP contribution in [0.4, 0.5) is 4.39 Å². The van der Waals surface area contributed by atoms with Crippen molar-refractivity contribution >= 4 is 17.6 Å². The molecular formula is C9H9ClFNO2. The molecule has 0 aliphatic heterocycles. The predicted molar refractivity (Wildman–Crippen MR) is 50.8 cm³/mol. The molecule has 76 valence electrons. The number of carboxylic acid groups (broad SMARTS) is 1. The first-order valence-corrected chi connectivity index (χ1v) is 4.32. The summed E-state index contributed by atoms with van der Waals surface area (Å²) in [6.45, 7) is -0.0730. The summed E-state index contributed by atoms with van der Waals surface area (Å²) < 4.78 is 13.0. The summed E-state index contributed by atoms with van der Waals surface area (Å²) in [5.74, 6) is -2.60. The summed E-state index contributed by atoms with van der Waals surface area (Å²) >= 11 is 5.45. The molecule has 1 aromatic rings. The van der Waals surface area contributed by atoms with Crippen LogP contribution >= 0.6 is 11.6 Å². The first-order chi connectivity index (χ1) is 6.56. The lowest BCUT2D eigenvalue weighted by Crippen LogP contribution is -2.21. The number of carbonyl (C=O) groups is 1. The van der Waals surface area contributed by atoms with E-state index in [1.54, 1.807) is 0 Å². The number of aliphatic carboxylic acids is 1. The molecule has 0 bridgehead atoms. The van der Waals surface area contributed by atoms with E-state index in [2.05, 4.69) is 0 Å². The molecule has 1 unspecified atom stereocenters. The lowest BCUT2D eigenvalue weighted by Gasteiger charge is -2.09. The van der Waals surface area contributed by atoms with Crippen molar-refractivity contribution in [3.8, 4) is 0 Å². The Labute approximate surface area is 85.3 Å². The Kier molecular flexibility index (Phi) is 3.43. The van der Waals surface area contributed by atoms with Gasteiger partial charge in [0, 0.05) is 6.54 Å². The number of hydrogen-bond acceptors (Lipinski definition) is 2. The van der Waals surface area contributed by atoms with E-state index in [9.17, 15) is 9.18 Å². The number of benzene rings is 1. The molecule has 14 heavy (non-hydrogen) atoms. The van der Waals surface area contributed by atoms with E-state index in [-0.39, 0.29) is 11.6 Å². The van der Waals surface area contributed by atoms with Gasteiger partial charge in [0.1, 0.15) is 5.82 Å². The standard InChI is InChI=1S/C9H9ClFNO2/c10-7-2-1-5(3-8(7)11)6(4-12)9(13)14/h1-3,6H,4,12H2,(H,13,14). The molecule has 0 amide bonds.